The van der Waals surface area contributed by atoms with Gasteiger partial charge in [0, 0.05) is 36.9 Å². The van der Waals surface area contributed by atoms with E-state index in [-0.39, 0.29) is 17.9 Å². The molecule has 1 saturated heterocycles. The maximum Gasteiger partial charge on any atom is 0.295 e. The van der Waals surface area contributed by atoms with E-state index in [1.807, 2.05) is 6.07 Å². The molecule has 0 unspecified atom stereocenters. The number of ketones is 1. The second kappa shape index (κ2) is 10.1. The van der Waals surface area contributed by atoms with Gasteiger partial charge >= 0.3 is 0 Å². The highest BCUT2D eigenvalue weighted by Crippen LogP contribution is 2.40. The molecule has 1 amide bonds. The number of aromatic nitrogens is 2. The molecule has 1 atom stereocenters. The van der Waals surface area contributed by atoms with Gasteiger partial charge < -0.3 is 14.7 Å². The summed E-state index contributed by atoms with van der Waals surface area (Å²) in [6, 6.07) is 13.2. The Morgan fingerprint density at radius 2 is 1.79 bits per heavy atom. The zero-order valence-electron chi connectivity index (χ0n) is 18.3. The summed E-state index contributed by atoms with van der Waals surface area (Å²) < 4.78 is 5.68. The lowest BCUT2D eigenvalue weighted by Crippen LogP contribution is -2.29. The van der Waals surface area contributed by atoms with E-state index >= 15 is 0 Å². The van der Waals surface area contributed by atoms with E-state index in [0.717, 1.165) is 18.4 Å². The van der Waals surface area contributed by atoms with Crippen molar-refractivity contribution in [2.75, 3.05) is 6.61 Å². The van der Waals surface area contributed by atoms with E-state index in [9.17, 15) is 14.7 Å². The van der Waals surface area contributed by atoms with Gasteiger partial charge in [-0.2, -0.15) is 0 Å². The average molecular weight is 444 g/mol. The van der Waals surface area contributed by atoms with Crippen molar-refractivity contribution in [3.8, 4) is 5.75 Å². The molecule has 1 aliphatic rings. The summed E-state index contributed by atoms with van der Waals surface area (Å²) in [6.07, 6.45) is 8.48. The first kappa shape index (κ1) is 22.2. The summed E-state index contributed by atoms with van der Waals surface area (Å²) in [4.78, 5) is 35.7. The van der Waals surface area contributed by atoms with Crippen molar-refractivity contribution >= 4 is 17.4 Å². The first-order chi connectivity index (χ1) is 16.1. The smallest absolute Gasteiger partial charge is 0.295 e. The molecule has 1 N–H and O–H groups in total. The van der Waals surface area contributed by atoms with Crippen LogP contribution in [0.3, 0.4) is 0 Å². The lowest BCUT2D eigenvalue weighted by molar-refractivity contribution is -0.140. The number of carbonyl (C=O) groups excluding carboxylic acids is 2. The first-order valence-electron chi connectivity index (χ1n) is 10.9. The minimum atomic E-state index is -0.742. The summed E-state index contributed by atoms with van der Waals surface area (Å²) in [7, 11) is 0. The molecular weight excluding hydrogens is 418 g/mol. The number of hydrogen-bond donors (Lipinski definition) is 1. The molecule has 7 heteroatoms. The Hall–Kier alpha value is -4.00. The van der Waals surface area contributed by atoms with E-state index < -0.39 is 17.7 Å². The highest BCUT2D eigenvalue weighted by atomic mass is 16.5. The van der Waals surface area contributed by atoms with E-state index in [4.69, 9.17) is 4.74 Å². The van der Waals surface area contributed by atoms with Crippen LogP contribution in [-0.4, -0.2) is 38.3 Å². The number of benzene rings is 1. The van der Waals surface area contributed by atoms with Crippen molar-refractivity contribution < 1.29 is 19.4 Å². The summed E-state index contributed by atoms with van der Waals surface area (Å²) in [5.41, 5.74) is 1.97. The molecular formula is C26H25N3O4. The molecule has 1 fully saturated rings. The SMILES string of the molecule is CCCCOc1ccc(C(O)=C2C(=O)C(=O)N(Cc3cccnc3)[C@H]2c2ccncc2)cc1. The van der Waals surface area contributed by atoms with Crippen molar-refractivity contribution in [2.24, 2.45) is 0 Å². The molecule has 0 radical (unpaired) electrons. The van der Waals surface area contributed by atoms with Crippen LogP contribution in [-0.2, 0) is 16.1 Å². The van der Waals surface area contributed by atoms with Crippen LogP contribution in [0.4, 0.5) is 0 Å². The number of carbonyl (C=O) groups is 2. The maximum atomic E-state index is 13.1. The molecule has 1 aromatic carbocycles. The first-order valence-corrected chi connectivity index (χ1v) is 10.9. The van der Waals surface area contributed by atoms with Crippen molar-refractivity contribution in [3.63, 3.8) is 0 Å². The number of Topliss-reactive ketones (excluding diaryl/α,β-unsaturated/α-hetero) is 1. The number of rotatable bonds is 8. The molecule has 0 spiro atoms. The fraction of sp³-hybridized carbons (Fsp3) is 0.231. The minimum absolute atomic E-state index is 0.0507. The number of likely N-dealkylation sites (tertiary alicyclic amines) is 1. The fourth-order valence-electron chi connectivity index (χ4n) is 3.82. The number of amides is 1. The Bertz CT molecular complexity index is 1150. The zero-order valence-corrected chi connectivity index (χ0v) is 18.3. The van der Waals surface area contributed by atoms with Gasteiger partial charge in [-0.05, 0) is 60.0 Å². The molecule has 4 rings (SSSR count). The average Bonchev–Trinajstić information content (AvgIpc) is 3.10. The van der Waals surface area contributed by atoms with Crippen LogP contribution in [0.1, 0.15) is 42.5 Å². The molecule has 0 saturated carbocycles. The Kier molecular flexibility index (Phi) is 6.78. The topological polar surface area (TPSA) is 92.6 Å². The molecule has 33 heavy (non-hydrogen) atoms. The van der Waals surface area contributed by atoms with E-state index in [1.165, 1.54) is 4.90 Å². The highest BCUT2D eigenvalue weighted by Gasteiger charge is 2.46. The summed E-state index contributed by atoms with van der Waals surface area (Å²) in [5, 5.41) is 11.1. The Balaban J connectivity index is 1.72. The summed E-state index contributed by atoms with van der Waals surface area (Å²) in [6.45, 7) is 2.89. The number of aliphatic hydroxyl groups excluding tert-OH is 1. The predicted octanol–water partition coefficient (Wildman–Crippen LogP) is 4.28. The van der Waals surface area contributed by atoms with Crippen molar-refractivity contribution in [1.82, 2.24) is 14.9 Å². The molecule has 2 aromatic heterocycles. The largest absolute Gasteiger partial charge is 0.507 e. The molecule has 0 aliphatic carbocycles. The van der Waals surface area contributed by atoms with Crippen LogP contribution < -0.4 is 4.74 Å². The minimum Gasteiger partial charge on any atom is -0.507 e. The second-order valence-electron chi connectivity index (χ2n) is 7.80. The van der Waals surface area contributed by atoms with Gasteiger partial charge in [0.05, 0.1) is 18.2 Å². The summed E-state index contributed by atoms with van der Waals surface area (Å²) in [5.74, 6) is -0.921. The number of ether oxygens (including phenoxy) is 1. The highest BCUT2D eigenvalue weighted by molar-refractivity contribution is 6.46. The van der Waals surface area contributed by atoms with Crippen LogP contribution in [0.5, 0.6) is 5.75 Å². The van der Waals surface area contributed by atoms with Crippen LogP contribution in [0.2, 0.25) is 0 Å². The van der Waals surface area contributed by atoms with Crippen LogP contribution in [0, 0.1) is 0 Å². The van der Waals surface area contributed by atoms with Gasteiger partial charge in [-0.1, -0.05) is 19.4 Å². The number of nitrogens with zero attached hydrogens (tertiary/aromatic N) is 3. The second-order valence-corrected chi connectivity index (χ2v) is 7.80. The molecule has 7 nitrogen and oxygen atoms in total. The molecule has 3 heterocycles. The Labute approximate surface area is 192 Å². The van der Waals surface area contributed by atoms with Crippen molar-refractivity contribution in [3.05, 3.63) is 95.6 Å². The third kappa shape index (κ3) is 4.77. The normalized spacial score (nSPS) is 17.4. The Morgan fingerprint density at radius 3 is 2.45 bits per heavy atom. The number of unbranched alkanes of at least 4 members (excludes halogenated alkanes) is 1. The fourth-order valence-corrected chi connectivity index (χ4v) is 3.82. The van der Waals surface area contributed by atoms with Gasteiger partial charge in [0.25, 0.3) is 11.7 Å². The van der Waals surface area contributed by atoms with Gasteiger partial charge in [-0.3, -0.25) is 19.6 Å². The third-order valence-corrected chi connectivity index (χ3v) is 5.53. The number of aliphatic hydroxyl groups is 1. The quantitative estimate of drug-likeness (QED) is 0.242. The molecule has 1 aliphatic heterocycles. The standard InChI is InChI=1S/C26H25N3O4/c1-2-3-15-33-21-8-6-20(7-9-21)24(30)22-23(19-10-13-27-14-11-19)29(26(32)25(22)31)17-18-5-4-12-28-16-18/h4-14,16,23,30H,2-3,15,17H2,1H3/t23-/m0/s1. The van der Waals surface area contributed by atoms with Crippen LogP contribution >= 0.6 is 0 Å². The molecule has 3 aromatic rings. The van der Waals surface area contributed by atoms with Gasteiger partial charge in [0.1, 0.15) is 11.5 Å². The van der Waals surface area contributed by atoms with Gasteiger partial charge in [0.15, 0.2) is 0 Å². The predicted molar refractivity (Wildman–Crippen MR) is 123 cm³/mol. The van der Waals surface area contributed by atoms with E-state index in [0.29, 0.717) is 23.5 Å². The van der Waals surface area contributed by atoms with Crippen molar-refractivity contribution in [1.29, 1.82) is 0 Å². The lowest BCUT2D eigenvalue weighted by atomic mass is 9.96. The van der Waals surface area contributed by atoms with Gasteiger partial charge in [-0.15, -0.1) is 0 Å². The van der Waals surface area contributed by atoms with Crippen LogP contribution in [0.15, 0.2) is 78.9 Å². The van der Waals surface area contributed by atoms with E-state index in [1.54, 1.807) is 67.3 Å². The number of hydrogen-bond acceptors (Lipinski definition) is 6. The zero-order chi connectivity index (χ0) is 23.2. The van der Waals surface area contributed by atoms with E-state index in [2.05, 4.69) is 16.9 Å². The maximum absolute atomic E-state index is 13.1. The number of pyridine rings is 2. The van der Waals surface area contributed by atoms with Gasteiger partial charge in [0.2, 0.25) is 0 Å². The molecule has 0 bridgehead atoms. The Morgan fingerprint density at radius 1 is 1.03 bits per heavy atom. The van der Waals surface area contributed by atoms with Crippen molar-refractivity contribution in [2.45, 2.75) is 32.4 Å². The lowest BCUT2D eigenvalue weighted by Gasteiger charge is -2.25. The third-order valence-electron chi connectivity index (χ3n) is 5.53. The summed E-state index contributed by atoms with van der Waals surface area (Å²) >= 11 is 0. The van der Waals surface area contributed by atoms with Crippen LogP contribution in [0.25, 0.3) is 5.76 Å². The monoisotopic (exact) mass is 443 g/mol. The molecule has 168 valence electrons. The van der Waals surface area contributed by atoms with Gasteiger partial charge in [-0.25, -0.2) is 0 Å².